The number of rotatable bonds is 6. The van der Waals surface area contributed by atoms with Crippen molar-refractivity contribution in [3.8, 4) is 5.69 Å². The number of aromatic nitrogens is 4. The van der Waals surface area contributed by atoms with E-state index in [4.69, 9.17) is 0 Å². The Labute approximate surface area is 188 Å². The molecule has 0 bridgehead atoms. The number of fused-ring (bicyclic) bond motifs is 1. The molecule has 1 unspecified atom stereocenters. The van der Waals surface area contributed by atoms with Crippen LogP contribution in [0, 0.1) is 10.1 Å². The Balaban J connectivity index is 1.55. The summed E-state index contributed by atoms with van der Waals surface area (Å²) in [6.45, 7) is 0.666. The monoisotopic (exact) mass is 470 g/mol. The lowest BCUT2D eigenvalue weighted by molar-refractivity contribution is -0.384. The number of thioether (sulfide) groups is 1. The molecule has 0 radical (unpaired) electrons. The van der Waals surface area contributed by atoms with Crippen molar-refractivity contribution in [1.82, 2.24) is 24.6 Å². The Bertz CT molecular complexity index is 1280. The number of hydrogen-bond acceptors (Lipinski definition) is 9. The van der Waals surface area contributed by atoms with Gasteiger partial charge < -0.3 is 4.90 Å². The number of amides is 1. The van der Waals surface area contributed by atoms with Crippen molar-refractivity contribution in [3.63, 3.8) is 0 Å². The van der Waals surface area contributed by atoms with Crippen LogP contribution in [-0.4, -0.2) is 48.3 Å². The Morgan fingerprint density at radius 1 is 1.19 bits per heavy atom. The molecule has 1 fully saturated rings. The van der Waals surface area contributed by atoms with Gasteiger partial charge in [0.1, 0.15) is 5.37 Å². The van der Waals surface area contributed by atoms with Gasteiger partial charge in [0.2, 0.25) is 11.6 Å². The minimum Gasteiger partial charge on any atom is -0.325 e. The predicted molar refractivity (Wildman–Crippen MR) is 120 cm³/mol. The first-order valence-electron chi connectivity index (χ1n) is 9.20. The number of nitro benzene ring substituents is 1. The molecule has 1 aliphatic rings. The summed E-state index contributed by atoms with van der Waals surface area (Å²) in [5, 5.41) is 20.3. The molecule has 0 spiro atoms. The number of non-ortho nitro benzene ring substituents is 1. The van der Waals surface area contributed by atoms with Crippen molar-refractivity contribution >= 4 is 57.2 Å². The molecule has 0 saturated carbocycles. The Morgan fingerprint density at radius 3 is 2.81 bits per heavy atom. The zero-order valence-corrected chi connectivity index (χ0v) is 18.3. The van der Waals surface area contributed by atoms with Crippen LogP contribution in [0.2, 0.25) is 0 Å². The molecule has 0 N–H and O–H groups in total. The van der Waals surface area contributed by atoms with Crippen LogP contribution in [0.4, 0.5) is 5.69 Å². The smallest absolute Gasteiger partial charge is 0.270 e. The lowest BCUT2D eigenvalue weighted by Crippen LogP contribution is -2.23. The highest BCUT2D eigenvalue weighted by Gasteiger charge is 2.32. The standard InChI is InChI=1S/C19H14N6O3S3/c26-11-23-8-9-29-17(23)16-21-22-18(24(16)12-4-2-1-3-5-12)31-19-20-14-7-6-13(25(27)28)10-15(14)30-19/h1-7,10-11,17H,8-9H2. The third-order valence-electron chi connectivity index (χ3n) is 4.70. The molecule has 156 valence electrons. The van der Waals surface area contributed by atoms with E-state index >= 15 is 0 Å². The van der Waals surface area contributed by atoms with Gasteiger partial charge in [0, 0.05) is 30.1 Å². The number of carbonyl (C=O) groups is 1. The quantitative estimate of drug-likeness (QED) is 0.235. The molecular weight excluding hydrogens is 456 g/mol. The molecule has 12 heteroatoms. The molecular formula is C19H14N6O3S3. The minimum absolute atomic E-state index is 0.0367. The number of benzene rings is 2. The van der Waals surface area contributed by atoms with Crippen LogP contribution >= 0.6 is 34.9 Å². The van der Waals surface area contributed by atoms with E-state index in [1.165, 1.54) is 35.2 Å². The summed E-state index contributed by atoms with van der Waals surface area (Å²) in [6, 6.07) is 14.4. The van der Waals surface area contributed by atoms with Crippen molar-refractivity contribution in [2.75, 3.05) is 12.3 Å². The Kier molecular flexibility index (Phi) is 5.34. The van der Waals surface area contributed by atoms with Crippen molar-refractivity contribution in [1.29, 1.82) is 0 Å². The third kappa shape index (κ3) is 3.77. The van der Waals surface area contributed by atoms with Gasteiger partial charge in [0.05, 0.1) is 15.1 Å². The van der Waals surface area contributed by atoms with E-state index in [9.17, 15) is 14.9 Å². The van der Waals surface area contributed by atoms with E-state index in [2.05, 4.69) is 15.2 Å². The maximum Gasteiger partial charge on any atom is 0.270 e. The number of thiazole rings is 1. The van der Waals surface area contributed by atoms with Gasteiger partial charge in [-0.05, 0) is 30.0 Å². The normalized spacial score (nSPS) is 16.1. The summed E-state index contributed by atoms with van der Waals surface area (Å²) < 4.78 is 3.39. The van der Waals surface area contributed by atoms with Crippen molar-refractivity contribution in [2.24, 2.45) is 0 Å². The van der Waals surface area contributed by atoms with Crippen molar-refractivity contribution in [2.45, 2.75) is 14.9 Å². The highest BCUT2D eigenvalue weighted by atomic mass is 32.2. The van der Waals surface area contributed by atoms with Crippen molar-refractivity contribution < 1.29 is 9.72 Å². The van der Waals surface area contributed by atoms with Gasteiger partial charge in [0.25, 0.3) is 5.69 Å². The van der Waals surface area contributed by atoms with Gasteiger partial charge in [-0.25, -0.2) is 4.98 Å². The van der Waals surface area contributed by atoms with Crippen LogP contribution in [0.5, 0.6) is 0 Å². The fraction of sp³-hybridized carbons (Fsp3) is 0.158. The molecule has 1 amide bonds. The summed E-state index contributed by atoms with van der Waals surface area (Å²) in [5.74, 6) is 1.52. The van der Waals surface area contributed by atoms with Crippen LogP contribution in [0.25, 0.3) is 15.9 Å². The van der Waals surface area contributed by atoms with E-state index in [0.29, 0.717) is 27.4 Å². The van der Waals surface area contributed by atoms with Crippen LogP contribution < -0.4 is 0 Å². The van der Waals surface area contributed by atoms with Crippen LogP contribution in [0.3, 0.4) is 0 Å². The highest BCUT2D eigenvalue weighted by Crippen LogP contribution is 2.40. The average Bonchev–Trinajstić information content (AvgIpc) is 3.51. The molecule has 1 aliphatic heterocycles. The Morgan fingerprint density at radius 2 is 2.03 bits per heavy atom. The summed E-state index contributed by atoms with van der Waals surface area (Å²) in [4.78, 5) is 28.5. The van der Waals surface area contributed by atoms with Gasteiger partial charge in [0.15, 0.2) is 10.2 Å². The first-order valence-corrected chi connectivity index (χ1v) is 11.9. The van der Waals surface area contributed by atoms with Crippen LogP contribution in [0.1, 0.15) is 11.2 Å². The van der Waals surface area contributed by atoms with Gasteiger partial charge in [-0.2, -0.15) is 0 Å². The molecule has 0 aliphatic carbocycles. The lowest BCUT2D eigenvalue weighted by atomic mass is 10.3. The van der Waals surface area contributed by atoms with E-state index in [-0.39, 0.29) is 11.1 Å². The van der Waals surface area contributed by atoms with E-state index < -0.39 is 4.92 Å². The summed E-state index contributed by atoms with van der Waals surface area (Å²) in [7, 11) is 0. The topological polar surface area (TPSA) is 107 Å². The maximum absolute atomic E-state index is 11.5. The van der Waals surface area contributed by atoms with Crippen LogP contribution in [0.15, 0.2) is 58.0 Å². The molecule has 1 saturated heterocycles. The fourth-order valence-electron chi connectivity index (χ4n) is 3.27. The Hall–Kier alpha value is -2.96. The van der Waals surface area contributed by atoms with Gasteiger partial charge >= 0.3 is 0 Å². The van der Waals surface area contributed by atoms with Crippen molar-refractivity contribution in [3.05, 3.63) is 64.5 Å². The zero-order valence-electron chi connectivity index (χ0n) is 15.8. The molecule has 5 rings (SSSR count). The highest BCUT2D eigenvalue weighted by molar-refractivity contribution is 8.01. The number of carbonyl (C=O) groups excluding carboxylic acids is 1. The van der Waals surface area contributed by atoms with Gasteiger partial charge in [-0.3, -0.25) is 19.5 Å². The number of nitro groups is 1. The van der Waals surface area contributed by atoms with E-state index in [0.717, 1.165) is 22.6 Å². The molecule has 1 atom stereocenters. The van der Waals surface area contributed by atoms with E-state index in [1.807, 2.05) is 34.9 Å². The van der Waals surface area contributed by atoms with E-state index in [1.54, 1.807) is 22.7 Å². The molecule has 3 heterocycles. The number of para-hydroxylation sites is 1. The molecule has 31 heavy (non-hydrogen) atoms. The number of hydrogen-bond donors (Lipinski definition) is 0. The number of nitrogens with zero attached hydrogens (tertiary/aromatic N) is 6. The molecule has 2 aromatic carbocycles. The first kappa shape index (κ1) is 20.0. The summed E-state index contributed by atoms with van der Waals surface area (Å²) >= 11 is 4.37. The second-order valence-electron chi connectivity index (χ2n) is 6.57. The molecule has 9 nitrogen and oxygen atoms in total. The summed E-state index contributed by atoms with van der Waals surface area (Å²) in [5.41, 5.74) is 1.62. The third-order valence-corrected chi connectivity index (χ3v) is 7.94. The predicted octanol–water partition coefficient (Wildman–Crippen LogP) is 4.14. The zero-order chi connectivity index (χ0) is 21.4. The first-order chi connectivity index (χ1) is 15.1. The fourth-order valence-corrected chi connectivity index (χ4v) is 6.52. The van der Waals surface area contributed by atoms with Gasteiger partial charge in [-0.15, -0.1) is 33.3 Å². The second-order valence-corrected chi connectivity index (χ2v) is 10.0. The minimum atomic E-state index is -0.414. The van der Waals surface area contributed by atoms with Gasteiger partial charge in [-0.1, -0.05) is 18.2 Å². The second kappa shape index (κ2) is 8.29. The van der Waals surface area contributed by atoms with Crippen LogP contribution in [-0.2, 0) is 4.79 Å². The lowest BCUT2D eigenvalue weighted by Gasteiger charge is -2.19. The average molecular weight is 471 g/mol. The summed E-state index contributed by atoms with van der Waals surface area (Å²) in [6.07, 6.45) is 0.849. The SMILES string of the molecule is O=CN1CCSC1c1nnc(Sc2nc3ccc([N+](=O)[O-])cc3s2)n1-c1ccccc1. The maximum atomic E-state index is 11.5. The largest absolute Gasteiger partial charge is 0.325 e. The molecule has 4 aromatic rings. The molecule has 2 aromatic heterocycles.